The average molecular weight is 363 g/mol. The number of pyridine rings is 1. The van der Waals surface area contributed by atoms with Crippen molar-refractivity contribution in [1.29, 1.82) is 0 Å². The molecule has 0 unspecified atom stereocenters. The van der Waals surface area contributed by atoms with Crippen LogP contribution >= 0.6 is 43.6 Å². The molecule has 0 atom stereocenters. The van der Waals surface area contributed by atoms with Gasteiger partial charge in [-0.1, -0.05) is 0 Å². The molecule has 0 amide bonds. The van der Waals surface area contributed by atoms with E-state index in [4.69, 9.17) is 0 Å². The Morgan fingerprint density at radius 3 is 2.75 bits per heavy atom. The zero-order valence-electron chi connectivity index (χ0n) is 7.78. The summed E-state index contributed by atoms with van der Waals surface area (Å²) in [6.07, 6.45) is 3.07. The summed E-state index contributed by atoms with van der Waals surface area (Å²) in [5.41, 5.74) is -0.199. The molecule has 0 spiro atoms. The van der Waals surface area contributed by atoms with Crippen LogP contribution in [0.2, 0.25) is 0 Å². The van der Waals surface area contributed by atoms with Crippen LogP contribution in [0.3, 0.4) is 0 Å². The summed E-state index contributed by atoms with van der Waals surface area (Å²) in [6, 6.07) is 3.74. The summed E-state index contributed by atoms with van der Waals surface area (Å²) >= 11 is 7.82. The fourth-order valence-corrected chi connectivity index (χ4v) is 2.38. The van der Waals surface area contributed by atoms with Crippen molar-refractivity contribution in [3.05, 3.63) is 44.0 Å². The van der Waals surface area contributed by atoms with Gasteiger partial charge in [0.15, 0.2) is 0 Å². The molecule has 4 nitrogen and oxygen atoms in total. The number of halogens is 2. The lowest BCUT2D eigenvalue weighted by Crippen LogP contribution is -2.07. The molecule has 2 aromatic heterocycles. The summed E-state index contributed by atoms with van der Waals surface area (Å²) in [6.45, 7) is 0. The van der Waals surface area contributed by atoms with Crippen LogP contribution in [0, 0.1) is 0 Å². The number of hydrogen-bond donors (Lipinski definition) is 1. The highest BCUT2D eigenvalue weighted by atomic mass is 79.9. The van der Waals surface area contributed by atoms with Crippen molar-refractivity contribution in [2.24, 2.45) is 0 Å². The van der Waals surface area contributed by atoms with E-state index in [0.717, 1.165) is 9.50 Å². The second-order valence-corrected chi connectivity index (χ2v) is 5.49. The fourth-order valence-electron chi connectivity index (χ4n) is 0.960. The minimum atomic E-state index is -0.199. The molecule has 82 valence electrons. The average Bonchev–Trinajstić information content (AvgIpc) is 2.28. The van der Waals surface area contributed by atoms with Gasteiger partial charge < -0.3 is 4.98 Å². The first kappa shape index (κ1) is 11.8. The number of nitrogens with zero attached hydrogens (tertiary/aromatic N) is 2. The van der Waals surface area contributed by atoms with Gasteiger partial charge in [-0.15, -0.1) is 0 Å². The Balaban J connectivity index is 2.30. The maximum atomic E-state index is 11.3. The first-order valence-corrected chi connectivity index (χ1v) is 6.59. The minimum absolute atomic E-state index is 0.199. The molecule has 0 saturated carbocycles. The quantitative estimate of drug-likeness (QED) is 0.834. The second kappa shape index (κ2) is 5.11. The van der Waals surface area contributed by atoms with Crippen molar-refractivity contribution < 1.29 is 0 Å². The van der Waals surface area contributed by atoms with E-state index in [2.05, 4.69) is 46.8 Å². The Hall–Kier alpha value is -0.660. The predicted molar refractivity (Wildman–Crippen MR) is 68.6 cm³/mol. The van der Waals surface area contributed by atoms with E-state index in [1.54, 1.807) is 6.20 Å². The van der Waals surface area contributed by atoms with Crippen molar-refractivity contribution in [3.8, 4) is 0 Å². The minimum Gasteiger partial charge on any atom is -0.312 e. The van der Waals surface area contributed by atoms with Gasteiger partial charge in [0.25, 0.3) is 5.56 Å². The van der Waals surface area contributed by atoms with Crippen LogP contribution in [0.15, 0.2) is 48.4 Å². The van der Waals surface area contributed by atoms with E-state index in [0.29, 0.717) is 9.50 Å². The van der Waals surface area contributed by atoms with Gasteiger partial charge in [0.05, 0.1) is 6.33 Å². The Morgan fingerprint density at radius 1 is 1.25 bits per heavy atom. The summed E-state index contributed by atoms with van der Waals surface area (Å²) in [5.74, 6) is 0. The molecule has 16 heavy (non-hydrogen) atoms. The second-order valence-electron chi connectivity index (χ2n) is 2.77. The SMILES string of the molecule is O=c1[nH]cnc(Sc2ccc(Br)cn2)c1Br. The number of nitrogens with one attached hydrogen (secondary N) is 1. The van der Waals surface area contributed by atoms with Crippen LogP contribution in [0.25, 0.3) is 0 Å². The molecule has 0 fully saturated rings. The van der Waals surface area contributed by atoms with Crippen LogP contribution in [-0.2, 0) is 0 Å². The lowest BCUT2D eigenvalue weighted by Gasteiger charge is -2.01. The normalized spacial score (nSPS) is 10.4. The Bertz CT molecular complexity index is 555. The zero-order valence-corrected chi connectivity index (χ0v) is 11.8. The lowest BCUT2D eigenvalue weighted by atomic mass is 10.5. The molecule has 0 saturated heterocycles. The van der Waals surface area contributed by atoms with Gasteiger partial charge >= 0.3 is 0 Å². The maximum absolute atomic E-state index is 11.3. The molecule has 0 aliphatic rings. The third-order valence-corrected chi connectivity index (χ3v) is 4.09. The van der Waals surface area contributed by atoms with Gasteiger partial charge in [0, 0.05) is 10.7 Å². The van der Waals surface area contributed by atoms with E-state index in [9.17, 15) is 4.79 Å². The smallest absolute Gasteiger partial charge is 0.266 e. The predicted octanol–water partition coefficient (Wildman–Crippen LogP) is 2.84. The van der Waals surface area contributed by atoms with E-state index >= 15 is 0 Å². The van der Waals surface area contributed by atoms with Gasteiger partial charge in [0.2, 0.25) is 0 Å². The van der Waals surface area contributed by atoms with Crippen LogP contribution in [-0.4, -0.2) is 15.0 Å². The summed E-state index contributed by atoms with van der Waals surface area (Å²) in [5, 5.41) is 1.38. The number of rotatable bonds is 2. The van der Waals surface area contributed by atoms with E-state index in [1.807, 2.05) is 12.1 Å². The van der Waals surface area contributed by atoms with Gasteiger partial charge in [-0.3, -0.25) is 4.79 Å². The highest BCUT2D eigenvalue weighted by Gasteiger charge is 2.07. The Labute approximate surface area is 112 Å². The molecule has 2 aromatic rings. The molecule has 7 heteroatoms. The first-order valence-electron chi connectivity index (χ1n) is 4.19. The molecule has 0 aromatic carbocycles. The lowest BCUT2D eigenvalue weighted by molar-refractivity contribution is 0.984. The van der Waals surface area contributed by atoms with Crippen molar-refractivity contribution in [3.63, 3.8) is 0 Å². The van der Waals surface area contributed by atoms with Gasteiger partial charge in [0.1, 0.15) is 14.5 Å². The maximum Gasteiger partial charge on any atom is 0.266 e. The third kappa shape index (κ3) is 2.72. The van der Waals surface area contributed by atoms with Crippen molar-refractivity contribution in [2.45, 2.75) is 10.1 Å². The zero-order chi connectivity index (χ0) is 11.5. The van der Waals surface area contributed by atoms with Crippen molar-refractivity contribution in [2.75, 3.05) is 0 Å². The fraction of sp³-hybridized carbons (Fsp3) is 0. The number of aromatic amines is 1. The molecule has 0 radical (unpaired) electrons. The van der Waals surface area contributed by atoms with Crippen LogP contribution in [0.5, 0.6) is 0 Å². The van der Waals surface area contributed by atoms with E-state index < -0.39 is 0 Å². The standard InChI is InChI=1S/C9H5Br2N3OS/c10-5-1-2-6(12-3-5)16-9-7(11)8(15)13-4-14-9/h1-4H,(H,13,14,15). The Morgan fingerprint density at radius 2 is 2.06 bits per heavy atom. The summed E-state index contributed by atoms with van der Waals surface area (Å²) in [7, 11) is 0. The van der Waals surface area contributed by atoms with Crippen LogP contribution in [0.4, 0.5) is 0 Å². The van der Waals surface area contributed by atoms with E-state index in [-0.39, 0.29) is 5.56 Å². The largest absolute Gasteiger partial charge is 0.312 e. The summed E-state index contributed by atoms with van der Waals surface area (Å²) in [4.78, 5) is 22.0. The molecular formula is C9H5Br2N3OS. The Kier molecular flexibility index (Phi) is 3.78. The van der Waals surface area contributed by atoms with Gasteiger partial charge in [-0.05, 0) is 55.8 Å². The van der Waals surface area contributed by atoms with Crippen LogP contribution in [0.1, 0.15) is 0 Å². The number of H-pyrrole nitrogens is 1. The van der Waals surface area contributed by atoms with Crippen LogP contribution < -0.4 is 5.56 Å². The monoisotopic (exact) mass is 361 g/mol. The molecule has 2 rings (SSSR count). The molecule has 0 aliphatic heterocycles. The topological polar surface area (TPSA) is 58.6 Å². The highest BCUT2D eigenvalue weighted by Crippen LogP contribution is 2.28. The molecule has 2 heterocycles. The van der Waals surface area contributed by atoms with Crippen molar-refractivity contribution >= 4 is 43.6 Å². The summed E-state index contributed by atoms with van der Waals surface area (Å²) < 4.78 is 1.33. The molecule has 1 N–H and O–H groups in total. The highest BCUT2D eigenvalue weighted by molar-refractivity contribution is 9.10. The van der Waals surface area contributed by atoms with E-state index in [1.165, 1.54) is 18.1 Å². The van der Waals surface area contributed by atoms with Gasteiger partial charge in [-0.2, -0.15) is 0 Å². The molecule has 0 aliphatic carbocycles. The number of aromatic nitrogens is 3. The molecule has 0 bridgehead atoms. The number of hydrogen-bond acceptors (Lipinski definition) is 4. The molecular weight excluding hydrogens is 358 g/mol. The van der Waals surface area contributed by atoms with Crippen molar-refractivity contribution in [1.82, 2.24) is 15.0 Å². The third-order valence-electron chi connectivity index (χ3n) is 1.67. The first-order chi connectivity index (χ1) is 7.66. The van der Waals surface area contributed by atoms with Gasteiger partial charge in [-0.25, -0.2) is 9.97 Å².